The summed E-state index contributed by atoms with van der Waals surface area (Å²) in [5.41, 5.74) is 0.993. The minimum atomic E-state index is -0.256. The Morgan fingerprint density at radius 2 is 2.25 bits per heavy atom. The first kappa shape index (κ1) is 17.3. The SMILES string of the molecule is CC1CCC(O)C(C2CCCN2C(=O)NCCc2cn(C)cn2)C1. The van der Waals surface area contributed by atoms with Gasteiger partial charge in [-0.25, -0.2) is 9.78 Å². The number of aliphatic hydroxyl groups excluding tert-OH is 1. The molecule has 4 unspecified atom stereocenters. The summed E-state index contributed by atoms with van der Waals surface area (Å²) in [5, 5.41) is 13.4. The number of aromatic nitrogens is 2. The molecule has 0 bridgehead atoms. The van der Waals surface area contributed by atoms with Gasteiger partial charge in [-0.1, -0.05) is 6.92 Å². The normalized spacial score (nSPS) is 30.5. The molecule has 0 aromatic carbocycles. The fraction of sp³-hybridized carbons (Fsp3) is 0.778. The van der Waals surface area contributed by atoms with Gasteiger partial charge in [-0.2, -0.15) is 0 Å². The number of likely N-dealkylation sites (tertiary alicyclic amines) is 1. The van der Waals surface area contributed by atoms with Crippen molar-refractivity contribution in [1.29, 1.82) is 0 Å². The molecule has 0 radical (unpaired) electrons. The average molecular weight is 334 g/mol. The van der Waals surface area contributed by atoms with Gasteiger partial charge in [0.05, 0.1) is 18.1 Å². The zero-order valence-electron chi connectivity index (χ0n) is 14.8. The molecule has 2 N–H and O–H groups in total. The van der Waals surface area contributed by atoms with Crippen molar-refractivity contribution in [3.63, 3.8) is 0 Å². The van der Waals surface area contributed by atoms with Gasteiger partial charge in [-0.05, 0) is 38.0 Å². The molecule has 4 atom stereocenters. The van der Waals surface area contributed by atoms with Crippen LogP contribution in [-0.2, 0) is 13.5 Å². The maximum atomic E-state index is 12.6. The largest absolute Gasteiger partial charge is 0.393 e. The molecule has 2 aliphatic rings. The van der Waals surface area contributed by atoms with E-state index in [1.54, 1.807) is 6.33 Å². The third kappa shape index (κ3) is 3.91. The number of rotatable bonds is 4. The lowest BCUT2D eigenvalue weighted by Crippen LogP contribution is -2.49. The van der Waals surface area contributed by atoms with E-state index < -0.39 is 0 Å². The molecule has 1 aromatic rings. The van der Waals surface area contributed by atoms with Crippen LogP contribution in [0.1, 0.15) is 44.7 Å². The average Bonchev–Trinajstić information content (AvgIpc) is 3.18. The predicted octanol–water partition coefficient (Wildman–Crippen LogP) is 1.93. The Morgan fingerprint density at radius 3 is 3.00 bits per heavy atom. The monoisotopic (exact) mass is 334 g/mol. The molecule has 0 spiro atoms. The second-order valence-electron chi connectivity index (χ2n) is 7.56. The van der Waals surface area contributed by atoms with Crippen LogP contribution >= 0.6 is 0 Å². The second kappa shape index (κ2) is 7.55. The molecule has 134 valence electrons. The molecule has 2 fully saturated rings. The number of amides is 2. The fourth-order valence-corrected chi connectivity index (χ4v) is 4.31. The number of nitrogens with one attached hydrogen (secondary N) is 1. The van der Waals surface area contributed by atoms with Gasteiger partial charge < -0.3 is 19.9 Å². The number of aryl methyl sites for hydroxylation is 1. The minimum Gasteiger partial charge on any atom is -0.393 e. The molecule has 1 saturated carbocycles. The Hall–Kier alpha value is -1.56. The van der Waals surface area contributed by atoms with E-state index in [0.717, 1.165) is 50.8 Å². The smallest absolute Gasteiger partial charge is 0.317 e. The van der Waals surface area contributed by atoms with Gasteiger partial charge in [0.2, 0.25) is 0 Å². The van der Waals surface area contributed by atoms with E-state index in [-0.39, 0.29) is 24.1 Å². The Labute approximate surface area is 144 Å². The number of carbonyl (C=O) groups is 1. The molecule has 6 heteroatoms. The van der Waals surface area contributed by atoms with E-state index in [4.69, 9.17) is 0 Å². The van der Waals surface area contributed by atoms with Crippen LogP contribution in [0.2, 0.25) is 0 Å². The summed E-state index contributed by atoms with van der Waals surface area (Å²) in [6, 6.07) is 0.205. The van der Waals surface area contributed by atoms with Crippen LogP contribution in [0.15, 0.2) is 12.5 Å². The molecule has 2 heterocycles. The second-order valence-corrected chi connectivity index (χ2v) is 7.56. The number of aliphatic hydroxyl groups is 1. The van der Waals surface area contributed by atoms with Crippen molar-refractivity contribution in [2.45, 2.75) is 57.6 Å². The lowest BCUT2D eigenvalue weighted by molar-refractivity contribution is 0.0153. The van der Waals surface area contributed by atoms with Crippen LogP contribution in [-0.4, -0.2) is 50.8 Å². The summed E-state index contributed by atoms with van der Waals surface area (Å²) in [6.45, 7) is 3.66. The number of hydrogen-bond donors (Lipinski definition) is 2. The first-order valence-corrected chi connectivity index (χ1v) is 9.24. The minimum absolute atomic E-state index is 0.0128. The lowest BCUT2D eigenvalue weighted by atomic mass is 9.76. The van der Waals surface area contributed by atoms with Gasteiger partial charge in [0, 0.05) is 44.7 Å². The van der Waals surface area contributed by atoms with E-state index >= 15 is 0 Å². The highest BCUT2D eigenvalue weighted by atomic mass is 16.3. The first-order chi connectivity index (χ1) is 11.5. The van der Waals surface area contributed by atoms with Crippen LogP contribution in [0.5, 0.6) is 0 Å². The molecule has 1 saturated heterocycles. The summed E-state index contributed by atoms with van der Waals surface area (Å²) in [6.07, 6.45) is 9.30. The molecule has 6 nitrogen and oxygen atoms in total. The molecular formula is C18H30N4O2. The fourth-order valence-electron chi connectivity index (χ4n) is 4.31. The summed E-state index contributed by atoms with van der Waals surface area (Å²) >= 11 is 0. The van der Waals surface area contributed by atoms with E-state index in [2.05, 4.69) is 17.2 Å². The number of hydrogen-bond acceptors (Lipinski definition) is 3. The predicted molar refractivity (Wildman–Crippen MR) is 92.6 cm³/mol. The Bertz CT molecular complexity index is 559. The molecular weight excluding hydrogens is 304 g/mol. The number of urea groups is 1. The highest BCUT2D eigenvalue weighted by Gasteiger charge is 2.40. The molecule has 2 amide bonds. The summed E-state index contributed by atoms with van der Waals surface area (Å²) < 4.78 is 1.92. The zero-order valence-corrected chi connectivity index (χ0v) is 14.8. The standard InChI is InChI=1S/C18H30N4O2/c1-13-5-6-17(23)15(10-13)16-4-3-9-22(16)18(24)19-8-7-14-11-21(2)12-20-14/h11-13,15-17,23H,3-10H2,1-2H3,(H,19,24). The quantitative estimate of drug-likeness (QED) is 0.884. The van der Waals surface area contributed by atoms with Crippen LogP contribution in [0, 0.1) is 11.8 Å². The molecule has 3 rings (SSSR count). The van der Waals surface area contributed by atoms with Crippen molar-refractivity contribution in [2.75, 3.05) is 13.1 Å². The van der Waals surface area contributed by atoms with Crippen LogP contribution in [0.4, 0.5) is 4.79 Å². The summed E-state index contributed by atoms with van der Waals surface area (Å²) in [7, 11) is 1.94. The third-order valence-corrected chi connectivity index (χ3v) is 5.59. The van der Waals surface area contributed by atoms with Gasteiger partial charge in [-0.3, -0.25) is 0 Å². The van der Waals surface area contributed by atoms with E-state index in [1.165, 1.54) is 0 Å². The lowest BCUT2D eigenvalue weighted by Gasteiger charge is -2.39. The van der Waals surface area contributed by atoms with E-state index in [9.17, 15) is 9.90 Å². The van der Waals surface area contributed by atoms with E-state index in [0.29, 0.717) is 12.5 Å². The van der Waals surface area contributed by atoms with Crippen molar-refractivity contribution >= 4 is 6.03 Å². The molecule has 1 aliphatic heterocycles. The maximum Gasteiger partial charge on any atom is 0.317 e. The zero-order chi connectivity index (χ0) is 17.1. The van der Waals surface area contributed by atoms with Gasteiger partial charge in [0.25, 0.3) is 0 Å². The highest BCUT2D eigenvalue weighted by molar-refractivity contribution is 5.74. The van der Waals surface area contributed by atoms with Crippen LogP contribution < -0.4 is 5.32 Å². The first-order valence-electron chi connectivity index (χ1n) is 9.24. The van der Waals surface area contributed by atoms with Crippen molar-refractivity contribution in [3.05, 3.63) is 18.2 Å². The van der Waals surface area contributed by atoms with Crippen molar-refractivity contribution < 1.29 is 9.90 Å². The number of nitrogens with zero attached hydrogens (tertiary/aromatic N) is 3. The molecule has 1 aromatic heterocycles. The Morgan fingerprint density at radius 1 is 1.42 bits per heavy atom. The van der Waals surface area contributed by atoms with Gasteiger partial charge in [0.1, 0.15) is 0 Å². The Kier molecular flexibility index (Phi) is 5.43. The van der Waals surface area contributed by atoms with Crippen molar-refractivity contribution in [1.82, 2.24) is 19.8 Å². The third-order valence-electron chi connectivity index (χ3n) is 5.59. The number of carbonyl (C=O) groups excluding carboxylic acids is 1. The summed E-state index contributed by atoms with van der Waals surface area (Å²) in [4.78, 5) is 18.8. The van der Waals surface area contributed by atoms with Gasteiger partial charge in [0.15, 0.2) is 0 Å². The molecule has 24 heavy (non-hydrogen) atoms. The maximum absolute atomic E-state index is 12.6. The topological polar surface area (TPSA) is 70.4 Å². The number of imidazole rings is 1. The Balaban J connectivity index is 1.53. The van der Waals surface area contributed by atoms with Crippen molar-refractivity contribution in [3.8, 4) is 0 Å². The molecule has 1 aliphatic carbocycles. The van der Waals surface area contributed by atoms with Crippen LogP contribution in [0.3, 0.4) is 0 Å². The summed E-state index contributed by atoms with van der Waals surface area (Å²) in [5.74, 6) is 0.880. The highest BCUT2D eigenvalue weighted by Crippen LogP contribution is 2.37. The van der Waals surface area contributed by atoms with Crippen molar-refractivity contribution in [2.24, 2.45) is 18.9 Å². The van der Waals surface area contributed by atoms with Gasteiger partial charge in [-0.15, -0.1) is 0 Å². The van der Waals surface area contributed by atoms with E-state index in [1.807, 2.05) is 22.7 Å². The van der Waals surface area contributed by atoms with Gasteiger partial charge >= 0.3 is 6.03 Å². The van der Waals surface area contributed by atoms with Crippen LogP contribution in [0.25, 0.3) is 0 Å².